The van der Waals surface area contributed by atoms with Crippen molar-refractivity contribution < 1.29 is 14.3 Å². The number of carbonyl (C=O) groups is 2. The van der Waals surface area contributed by atoms with E-state index in [1.165, 1.54) is 11.3 Å². The SMILES string of the molecule is CCOC(=O)C(C)n1c(=NC(=O)c2ccc(C)cc2)sc2ccc(Cl)cc21. The lowest BCUT2D eigenvalue weighted by Crippen LogP contribution is -2.27. The van der Waals surface area contributed by atoms with Crippen molar-refractivity contribution in [1.82, 2.24) is 4.57 Å². The number of nitrogens with zero attached hydrogens (tertiary/aromatic N) is 2. The second kappa shape index (κ2) is 8.06. The summed E-state index contributed by atoms with van der Waals surface area (Å²) in [4.78, 5) is 29.7. The predicted octanol–water partition coefficient (Wildman–Crippen LogP) is 4.53. The van der Waals surface area contributed by atoms with Gasteiger partial charge in [0.1, 0.15) is 6.04 Å². The van der Waals surface area contributed by atoms with E-state index < -0.39 is 6.04 Å². The summed E-state index contributed by atoms with van der Waals surface area (Å²) in [6, 6.07) is 12.0. The molecule has 1 atom stereocenters. The highest BCUT2D eigenvalue weighted by Crippen LogP contribution is 2.25. The van der Waals surface area contributed by atoms with Gasteiger partial charge < -0.3 is 9.30 Å². The van der Waals surface area contributed by atoms with E-state index in [0.717, 1.165) is 15.8 Å². The highest BCUT2D eigenvalue weighted by molar-refractivity contribution is 7.16. The third-order valence-corrected chi connectivity index (χ3v) is 5.37. The Morgan fingerprint density at radius 3 is 2.59 bits per heavy atom. The molecule has 0 aliphatic heterocycles. The van der Waals surface area contributed by atoms with Crippen molar-refractivity contribution in [2.75, 3.05) is 6.61 Å². The van der Waals surface area contributed by atoms with Gasteiger partial charge in [-0.15, -0.1) is 0 Å². The van der Waals surface area contributed by atoms with Gasteiger partial charge in [0.25, 0.3) is 5.91 Å². The number of amides is 1. The van der Waals surface area contributed by atoms with Crippen LogP contribution in [0.5, 0.6) is 0 Å². The average Bonchev–Trinajstić information content (AvgIpc) is 2.98. The van der Waals surface area contributed by atoms with Crippen molar-refractivity contribution in [2.45, 2.75) is 26.8 Å². The third kappa shape index (κ3) is 4.12. The van der Waals surface area contributed by atoms with Crippen molar-refractivity contribution in [3.63, 3.8) is 0 Å². The number of hydrogen-bond donors (Lipinski definition) is 0. The highest BCUT2D eigenvalue weighted by atomic mass is 35.5. The monoisotopic (exact) mass is 402 g/mol. The Kier molecular flexibility index (Phi) is 5.77. The van der Waals surface area contributed by atoms with E-state index in [-0.39, 0.29) is 18.5 Å². The summed E-state index contributed by atoms with van der Waals surface area (Å²) in [7, 11) is 0. The molecule has 1 unspecified atom stereocenters. The summed E-state index contributed by atoms with van der Waals surface area (Å²) in [5.74, 6) is -0.751. The van der Waals surface area contributed by atoms with E-state index in [1.54, 1.807) is 42.7 Å². The Bertz CT molecular complexity index is 1070. The summed E-state index contributed by atoms with van der Waals surface area (Å²) in [6.07, 6.45) is 0. The predicted molar refractivity (Wildman–Crippen MR) is 107 cm³/mol. The number of thiazole rings is 1. The summed E-state index contributed by atoms with van der Waals surface area (Å²) < 4.78 is 7.73. The maximum atomic E-state index is 12.6. The van der Waals surface area contributed by atoms with Gasteiger partial charge in [-0.2, -0.15) is 4.99 Å². The Morgan fingerprint density at radius 1 is 1.22 bits per heavy atom. The van der Waals surface area contributed by atoms with Crippen LogP contribution >= 0.6 is 22.9 Å². The van der Waals surface area contributed by atoms with Crippen molar-refractivity contribution in [3.05, 3.63) is 63.4 Å². The normalized spacial score (nSPS) is 13.0. The lowest BCUT2D eigenvalue weighted by atomic mass is 10.1. The molecule has 1 heterocycles. The van der Waals surface area contributed by atoms with Crippen molar-refractivity contribution in [3.8, 4) is 0 Å². The van der Waals surface area contributed by atoms with Gasteiger partial charge in [-0.05, 0) is 51.1 Å². The van der Waals surface area contributed by atoms with Crippen LogP contribution in [0.15, 0.2) is 47.5 Å². The molecule has 1 amide bonds. The minimum absolute atomic E-state index is 0.279. The summed E-state index contributed by atoms with van der Waals surface area (Å²) >= 11 is 7.47. The topological polar surface area (TPSA) is 60.7 Å². The van der Waals surface area contributed by atoms with E-state index in [2.05, 4.69) is 4.99 Å². The van der Waals surface area contributed by atoms with Crippen molar-refractivity contribution in [1.29, 1.82) is 0 Å². The molecule has 0 fully saturated rings. The van der Waals surface area contributed by atoms with E-state index in [0.29, 0.717) is 15.4 Å². The van der Waals surface area contributed by atoms with E-state index >= 15 is 0 Å². The van der Waals surface area contributed by atoms with Gasteiger partial charge in [0.2, 0.25) is 0 Å². The number of esters is 1. The van der Waals surface area contributed by atoms with Crippen LogP contribution in [0.3, 0.4) is 0 Å². The third-order valence-electron chi connectivity index (χ3n) is 4.10. The van der Waals surface area contributed by atoms with Crippen LogP contribution < -0.4 is 4.80 Å². The van der Waals surface area contributed by atoms with Gasteiger partial charge in [-0.1, -0.05) is 40.6 Å². The van der Waals surface area contributed by atoms with Crippen LogP contribution in [-0.4, -0.2) is 23.1 Å². The first-order valence-electron chi connectivity index (χ1n) is 8.53. The summed E-state index contributed by atoms with van der Waals surface area (Å²) in [6.45, 7) is 5.71. The van der Waals surface area contributed by atoms with Gasteiger partial charge in [0.05, 0.1) is 16.8 Å². The zero-order valence-corrected chi connectivity index (χ0v) is 16.8. The lowest BCUT2D eigenvalue weighted by molar-refractivity contribution is -0.146. The minimum Gasteiger partial charge on any atom is -0.464 e. The first kappa shape index (κ1) is 19.3. The zero-order chi connectivity index (χ0) is 19.6. The smallest absolute Gasteiger partial charge is 0.328 e. The van der Waals surface area contributed by atoms with Crippen LogP contribution in [0.2, 0.25) is 5.02 Å². The first-order chi connectivity index (χ1) is 12.9. The van der Waals surface area contributed by atoms with Crippen LogP contribution in [-0.2, 0) is 9.53 Å². The fourth-order valence-electron chi connectivity index (χ4n) is 2.68. The van der Waals surface area contributed by atoms with Gasteiger partial charge in [-0.25, -0.2) is 4.79 Å². The molecule has 7 heteroatoms. The molecule has 3 aromatic rings. The van der Waals surface area contributed by atoms with Crippen molar-refractivity contribution in [2.24, 2.45) is 4.99 Å². The van der Waals surface area contributed by atoms with Crippen LogP contribution in [0, 0.1) is 6.92 Å². The molecule has 0 aliphatic rings. The van der Waals surface area contributed by atoms with Crippen LogP contribution in [0.1, 0.15) is 35.8 Å². The standard InChI is InChI=1S/C20H19ClN2O3S/c1-4-26-19(25)13(3)23-16-11-15(21)9-10-17(16)27-20(23)22-18(24)14-7-5-12(2)6-8-14/h5-11,13H,4H2,1-3H3. The molecule has 0 radical (unpaired) electrons. The Hall–Kier alpha value is -2.44. The van der Waals surface area contributed by atoms with Gasteiger partial charge >= 0.3 is 5.97 Å². The molecule has 5 nitrogen and oxygen atoms in total. The molecule has 3 rings (SSSR count). The molecule has 0 N–H and O–H groups in total. The number of carbonyl (C=O) groups excluding carboxylic acids is 2. The fraction of sp³-hybridized carbons (Fsp3) is 0.250. The summed E-state index contributed by atoms with van der Waals surface area (Å²) in [5, 5.41) is 0.543. The average molecular weight is 403 g/mol. The maximum absolute atomic E-state index is 12.6. The molecular weight excluding hydrogens is 384 g/mol. The highest BCUT2D eigenvalue weighted by Gasteiger charge is 2.21. The molecule has 0 bridgehead atoms. The Balaban J connectivity index is 2.16. The van der Waals surface area contributed by atoms with Gasteiger partial charge in [0, 0.05) is 10.6 Å². The molecule has 0 aliphatic carbocycles. The molecule has 2 aromatic carbocycles. The molecular formula is C20H19ClN2O3S. The van der Waals surface area contributed by atoms with Gasteiger partial charge in [0.15, 0.2) is 4.80 Å². The van der Waals surface area contributed by atoms with E-state index in [9.17, 15) is 9.59 Å². The number of aromatic nitrogens is 1. The van der Waals surface area contributed by atoms with Crippen molar-refractivity contribution >= 4 is 45.0 Å². The van der Waals surface area contributed by atoms with E-state index in [1.807, 2.05) is 25.1 Å². The first-order valence-corrected chi connectivity index (χ1v) is 9.73. The molecule has 0 saturated heterocycles. The Labute approximate surface area is 165 Å². The summed E-state index contributed by atoms with van der Waals surface area (Å²) in [5.41, 5.74) is 2.30. The van der Waals surface area contributed by atoms with Crippen LogP contribution in [0.4, 0.5) is 0 Å². The molecule has 0 spiro atoms. The second-order valence-corrected chi connectivity index (χ2v) is 7.52. The lowest BCUT2D eigenvalue weighted by Gasteiger charge is -2.13. The molecule has 1 aromatic heterocycles. The second-order valence-electron chi connectivity index (χ2n) is 6.08. The molecule has 27 heavy (non-hydrogen) atoms. The quantitative estimate of drug-likeness (QED) is 0.602. The Morgan fingerprint density at radius 2 is 1.93 bits per heavy atom. The fourth-order valence-corrected chi connectivity index (χ4v) is 3.93. The number of hydrogen-bond acceptors (Lipinski definition) is 4. The molecule has 0 saturated carbocycles. The van der Waals surface area contributed by atoms with Crippen LogP contribution in [0.25, 0.3) is 10.2 Å². The maximum Gasteiger partial charge on any atom is 0.328 e. The number of aryl methyl sites for hydroxylation is 1. The number of ether oxygens (including phenoxy) is 1. The molecule has 140 valence electrons. The minimum atomic E-state index is -0.637. The number of halogens is 1. The number of fused-ring (bicyclic) bond motifs is 1. The zero-order valence-electron chi connectivity index (χ0n) is 15.2. The van der Waals surface area contributed by atoms with E-state index in [4.69, 9.17) is 16.3 Å². The number of benzene rings is 2. The number of rotatable bonds is 4. The van der Waals surface area contributed by atoms with Gasteiger partial charge in [-0.3, -0.25) is 4.79 Å². The largest absolute Gasteiger partial charge is 0.464 e.